The number of aromatic amines is 1. The largest absolute Gasteiger partial charge is 0.481 e. The van der Waals surface area contributed by atoms with Gasteiger partial charge in [-0.05, 0) is 25.5 Å². The molecule has 1 amide bonds. The molecule has 3 N–H and O–H groups in total. The number of aliphatic carboxylic acids is 1. The van der Waals surface area contributed by atoms with Gasteiger partial charge in [0.15, 0.2) is 5.16 Å². The summed E-state index contributed by atoms with van der Waals surface area (Å²) in [5.74, 6) is -1.18. The third-order valence-corrected chi connectivity index (χ3v) is 4.18. The zero-order valence-corrected chi connectivity index (χ0v) is 14.6. The zero-order chi connectivity index (χ0) is 18.4. The van der Waals surface area contributed by atoms with Crippen molar-refractivity contribution >= 4 is 29.3 Å². The third-order valence-electron chi connectivity index (χ3n) is 3.32. The highest BCUT2D eigenvalue weighted by Gasteiger charge is 2.10. The molecule has 0 spiro atoms. The maximum atomic E-state index is 12.0. The Kier molecular flexibility index (Phi) is 6.29. The summed E-state index contributed by atoms with van der Waals surface area (Å²) in [5, 5.41) is 19.2. The number of aromatic nitrogens is 3. The van der Waals surface area contributed by atoms with E-state index < -0.39 is 11.5 Å². The summed E-state index contributed by atoms with van der Waals surface area (Å²) in [6.45, 7) is 3.89. The second-order valence-electron chi connectivity index (χ2n) is 5.45. The molecule has 8 nitrogen and oxygen atoms in total. The van der Waals surface area contributed by atoms with Gasteiger partial charge in [0.2, 0.25) is 5.91 Å². The van der Waals surface area contributed by atoms with E-state index in [1.54, 1.807) is 0 Å². The van der Waals surface area contributed by atoms with Gasteiger partial charge in [0.05, 0.1) is 12.2 Å². The van der Waals surface area contributed by atoms with Crippen LogP contribution in [0.15, 0.2) is 28.2 Å². The molecule has 1 aromatic carbocycles. The van der Waals surface area contributed by atoms with E-state index in [9.17, 15) is 14.4 Å². The number of amides is 1. The monoisotopic (exact) mass is 362 g/mol. The van der Waals surface area contributed by atoms with Gasteiger partial charge in [0.25, 0.3) is 5.56 Å². The predicted molar refractivity (Wildman–Crippen MR) is 93.9 cm³/mol. The number of nitrogens with zero attached hydrogens (tertiary/aromatic N) is 2. The first-order valence-corrected chi connectivity index (χ1v) is 8.51. The van der Waals surface area contributed by atoms with Crippen molar-refractivity contribution < 1.29 is 14.7 Å². The second-order valence-corrected chi connectivity index (χ2v) is 6.42. The van der Waals surface area contributed by atoms with Gasteiger partial charge in [0, 0.05) is 12.1 Å². The molecule has 0 fully saturated rings. The number of carboxylic acid groups (broad SMARTS) is 1. The van der Waals surface area contributed by atoms with E-state index in [4.69, 9.17) is 5.11 Å². The van der Waals surface area contributed by atoms with Gasteiger partial charge in [-0.25, -0.2) is 0 Å². The van der Waals surface area contributed by atoms with Gasteiger partial charge in [-0.2, -0.15) is 0 Å². The van der Waals surface area contributed by atoms with Crippen LogP contribution in [0.5, 0.6) is 0 Å². The molecule has 0 aliphatic rings. The van der Waals surface area contributed by atoms with Gasteiger partial charge in [0.1, 0.15) is 5.69 Å². The van der Waals surface area contributed by atoms with Crippen LogP contribution in [0, 0.1) is 13.8 Å². The van der Waals surface area contributed by atoms with Crippen molar-refractivity contribution in [3.8, 4) is 0 Å². The Hall–Kier alpha value is -2.68. The van der Waals surface area contributed by atoms with Crippen molar-refractivity contribution in [2.75, 3.05) is 11.1 Å². The zero-order valence-electron chi connectivity index (χ0n) is 13.8. The maximum absolute atomic E-state index is 12.0. The lowest BCUT2D eigenvalue weighted by Gasteiger charge is -2.08. The molecular weight excluding hydrogens is 344 g/mol. The Morgan fingerprint density at radius 2 is 2.04 bits per heavy atom. The Balaban J connectivity index is 1.92. The van der Waals surface area contributed by atoms with Gasteiger partial charge in [-0.1, -0.05) is 29.5 Å². The number of hydrogen-bond acceptors (Lipinski definition) is 6. The van der Waals surface area contributed by atoms with Crippen LogP contribution < -0.4 is 10.9 Å². The number of H-pyrrole nitrogens is 1. The number of carbonyl (C=O) groups excluding carboxylic acids is 1. The molecule has 2 aromatic rings. The van der Waals surface area contributed by atoms with E-state index in [0.717, 1.165) is 28.6 Å². The summed E-state index contributed by atoms with van der Waals surface area (Å²) in [6.07, 6.45) is -0.182. The van der Waals surface area contributed by atoms with Crippen molar-refractivity contribution in [1.29, 1.82) is 0 Å². The van der Waals surface area contributed by atoms with E-state index in [-0.39, 0.29) is 35.4 Å². The van der Waals surface area contributed by atoms with Crippen molar-refractivity contribution in [3.63, 3.8) is 0 Å². The van der Waals surface area contributed by atoms with Gasteiger partial charge < -0.3 is 10.4 Å². The molecule has 0 radical (unpaired) electrons. The number of carbonyl (C=O) groups is 2. The van der Waals surface area contributed by atoms with E-state index in [2.05, 4.69) is 20.5 Å². The maximum Gasteiger partial charge on any atom is 0.303 e. The van der Waals surface area contributed by atoms with Gasteiger partial charge in [-0.3, -0.25) is 19.4 Å². The normalized spacial score (nSPS) is 10.5. The minimum atomic E-state index is -1.01. The highest BCUT2D eigenvalue weighted by Crippen LogP contribution is 2.17. The molecule has 0 unspecified atom stereocenters. The summed E-state index contributed by atoms with van der Waals surface area (Å²) < 4.78 is 0. The van der Waals surface area contributed by atoms with Crippen molar-refractivity contribution in [1.82, 2.24) is 15.2 Å². The highest BCUT2D eigenvalue weighted by atomic mass is 32.2. The lowest BCUT2D eigenvalue weighted by Crippen LogP contribution is -2.20. The summed E-state index contributed by atoms with van der Waals surface area (Å²) in [7, 11) is 0. The molecule has 1 heterocycles. The average molecular weight is 362 g/mol. The fourth-order valence-corrected chi connectivity index (χ4v) is 2.68. The van der Waals surface area contributed by atoms with Gasteiger partial charge >= 0.3 is 5.97 Å². The van der Waals surface area contributed by atoms with Crippen LogP contribution in [-0.4, -0.2) is 37.9 Å². The Bertz CT molecular complexity index is 850. The third kappa shape index (κ3) is 5.71. The van der Waals surface area contributed by atoms with Crippen LogP contribution in [0.25, 0.3) is 0 Å². The molecule has 0 atom stereocenters. The van der Waals surface area contributed by atoms with Crippen LogP contribution >= 0.6 is 11.8 Å². The minimum Gasteiger partial charge on any atom is -0.481 e. The second kappa shape index (κ2) is 8.43. The van der Waals surface area contributed by atoms with Crippen LogP contribution in [0.2, 0.25) is 0 Å². The molecule has 9 heteroatoms. The average Bonchev–Trinajstić information content (AvgIpc) is 2.54. The molecule has 0 aliphatic heterocycles. The fourth-order valence-electron chi connectivity index (χ4n) is 2.07. The number of aryl methyl sites for hydroxylation is 3. The smallest absolute Gasteiger partial charge is 0.303 e. The molecule has 0 aliphatic carbocycles. The van der Waals surface area contributed by atoms with Crippen molar-refractivity contribution in [2.45, 2.75) is 31.8 Å². The lowest BCUT2D eigenvalue weighted by molar-refractivity contribution is -0.137. The fraction of sp³-hybridized carbons (Fsp3) is 0.312. The number of rotatable bonds is 7. The summed E-state index contributed by atoms with van der Waals surface area (Å²) in [5.41, 5.74) is 2.38. The predicted octanol–water partition coefficient (Wildman–Crippen LogP) is 1.53. The highest BCUT2D eigenvalue weighted by molar-refractivity contribution is 7.99. The van der Waals surface area contributed by atoms with Crippen molar-refractivity contribution in [3.05, 3.63) is 45.4 Å². The molecule has 0 bridgehead atoms. The number of thioether (sulfide) groups is 1. The van der Waals surface area contributed by atoms with E-state index in [1.165, 1.54) is 0 Å². The van der Waals surface area contributed by atoms with Crippen molar-refractivity contribution in [2.24, 2.45) is 0 Å². The van der Waals surface area contributed by atoms with E-state index in [1.807, 2.05) is 32.0 Å². The number of carboxylic acids is 1. The molecule has 1 aromatic heterocycles. The first-order valence-electron chi connectivity index (χ1n) is 7.52. The SMILES string of the molecule is Cc1ccc(NC(=O)CSc2nnc(CCC(=O)O)c(=O)[nH]2)c(C)c1. The van der Waals surface area contributed by atoms with Crippen LogP contribution in [0.1, 0.15) is 23.2 Å². The van der Waals surface area contributed by atoms with Crippen LogP contribution in [0.4, 0.5) is 5.69 Å². The molecule has 2 rings (SSSR count). The van der Waals surface area contributed by atoms with Gasteiger partial charge in [-0.15, -0.1) is 10.2 Å². The number of hydrogen-bond donors (Lipinski definition) is 3. The first-order chi connectivity index (χ1) is 11.8. The lowest BCUT2D eigenvalue weighted by atomic mass is 10.1. The Morgan fingerprint density at radius 1 is 1.28 bits per heavy atom. The molecule has 132 valence electrons. The number of nitrogens with one attached hydrogen (secondary N) is 2. The molecule has 0 saturated heterocycles. The molecular formula is C16H18N4O4S. The Labute approximate surface area is 148 Å². The van der Waals surface area contributed by atoms with Crippen LogP contribution in [0.3, 0.4) is 0 Å². The topological polar surface area (TPSA) is 125 Å². The Morgan fingerprint density at radius 3 is 2.68 bits per heavy atom. The first kappa shape index (κ1) is 18.7. The molecule has 25 heavy (non-hydrogen) atoms. The number of anilines is 1. The van der Waals surface area contributed by atoms with Crippen LogP contribution in [-0.2, 0) is 16.0 Å². The quantitative estimate of drug-likeness (QED) is 0.638. The summed E-state index contributed by atoms with van der Waals surface area (Å²) >= 11 is 1.05. The minimum absolute atomic E-state index is 0.00972. The molecule has 0 saturated carbocycles. The summed E-state index contributed by atoms with van der Waals surface area (Å²) in [4.78, 5) is 36.8. The van der Waals surface area contributed by atoms with E-state index in [0.29, 0.717) is 0 Å². The summed E-state index contributed by atoms with van der Waals surface area (Å²) in [6, 6.07) is 5.72. The standard InChI is InChI=1S/C16H18N4O4S/c1-9-3-4-11(10(2)7-9)17-13(21)8-25-16-18-15(24)12(19-20-16)5-6-14(22)23/h3-4,7H,5-6,8H2,1-2H3,(H,17,21)(H,22,23)(H,18,20,24). The van der Waals surface area contributed by atoms with E-state index >= 15 is 0 Å². The number of benzene rings is 1.